The average Bonchev–Trinajstić information content (AvgIpc) is 3.50. The van der Waals surface area contributed by atoms with Crippen molar-refractivity contribution in [2.24, 2.45) is 0 Å². The van der Waals surface area contributed by atoms with Crippen LogP contribution in [0.4, 0.5) is 5.82 Å². The highest BCUT2D eigenvalue weighted by molar-refractivity contribution is 7.25. The summed E-state index contributed by atoms with van der Waals surface area (Å²) in [5, 5.41) is 1.09. The van der Waals surface area contributed by atoms with Crippen LogP contribution in [-0.2, 0) is 28.9 Å². The van der Waals surface area contributed by atoms with E-state index in [1.54, 1.807) is 18.5 Å². The summed E-state index contributed by atoms with van der Waals surface area (Å²) in [6.45, 7) is 3.36. The Kier molecular flexibility index (Phi) is 5.34. The van der Waals surface area contributed by atoms with E-state index in [1.165, 1.54) is 46.4 Å². The van der Waals surface area contributed by atoms with Gasteiger partial charge in [-0.25, -0.2) is 14.8 Å². The second-order valence-electron chi connectivity index (χ2n) is 8.66. The first-order chi connectivity index (χ1) is 16.6. The molecule has 1 aliphatic carbocycles. The molecule has 34 heavy (non-hydrogen) atoms. The normalized spacial score (nSPS) is 16.2. The van der Waals surface area contributed by atoms with E-state index in [0.717, 1.165) is 61.3 Å². The molecule has 0 saturated carbocycles. The lowest BCUT2D eigenvalue weighted by molar-refractivity contribution is -0.328. The van der Waals surface area contributed by atoms with Crippen molar-refractivity contribution in [2.75, 3.05) is 38.3 Å². The number of anilines is 1. The number of carbonyl (C=O) groups excluding carboxylic acids is 1. The van der Waals surface area contributed by atoms with Gasteiger partial charge in [0, 0.05) is 5.56 Å². The standard InChI is InChI=1S/C24H24N4O5S/c1-31-24(30)17-7-6-14(33-17)12-28-13-25-19-18-15-4-2-3-5-16(15)21(27-8-10-32-11-9-27)26-22(18)34-20(19)23(28)29/h6-7,13H,2-5,8-12H2,1H3/p+1. The summed E-state index contributed by atoms with van der Waals surface area (Å²) in [7, 11) is 1.30. The summed E-state index contributed by atoms with van der Waals surface area (Å²) in [6, 6.07) is 3.22. The highest BCUT2D eigenvalue weighted by Crippen LogP contribution is 2.38. The number of furan rings is 1. The fraction of sp³-hybridized carbons (Fsp3) is 0.417. The smallest absolute Gasteiger partial charge is 0.373 e. The minimum atomic E-state index is -0.548. The second kappa shape index (κ2) is 8.52. The lowest BCUT2D eigenvalue weighted by Gasteiger charge is -2.25. The van der Waals surface area contributed by atoms with E-state index in [1.807, 2.05) is 0 Å². The number of nitrogens with one attached hydrogen (secondary N) is 1. The number of hydrogen-bond acceptors (Lipinski definition) is 8. The number of nitrogens with zero attached hydrogens (tertiary/aromatic N) is 3. The van der Waals surface area contributed by atoms with Gasteiger partial charge in [-0.05, 0) is 43.4 Å². The zero-order valence-electron chi connectivity index (χ0n) is 18.9. The van der Waals surface area contributed by atoms with Crippen LogP contribution in [0.5, 0.6) is 0 Å². The third-order valence-electron chi connectivity index (χ3n) is 6.65. The summed E-state index contributed by atoms with van der Waals surface area (Å²) in [4.78, 5) is 36.8. The molecule has 176 valence electrons. The van der Waals surface area contributed by atoms with Crippen molar-refractivity contribution < 1.29 is 23.7 Å². The van der Waals surface area contributed by atoms with E-state index in [9.17, 15) is 9.59 Å². The van der Waals surface area contributed by atoms with Gasteiger partial charge in [0.2, 0.25) is 5.76 Å². The Bertz CT molecular complexity index is 1460. The number of aryl methyl sites for hydroxylation is 1. The van der Waals surface area contributed by atoms with Gasteiger partial charge in [0.15, 0.2) is 4.83 Å². The molecule has 2 aliphatic rings. The second-order valence-corrected chi connectivity index (χ2v) is 9.68. The van der Waals surface area contributed by atoms with Gasteiger partial charge in [-0.2, -0.15) is 0 Å². The van der Waals surface area contributed by atoms with Gasteiger partial charge < -0.3 is 13.9 Å². The Labute approximate surface area is 198 Å². The van der Waals surface area contributed by atoms with Gasteiger partial charge in [0.1, 0.15) is 29.1 Å². The van der Waals surface area contributed by atoms with Crippen molar-refractivity contribution in [1.29, 1.82) is 0 Å². The number of esters is 1. The van der Waals surface area contributed by atoms with Crippen LogP contribution in [0.1, 0.15) is 40.3 Å². The number of hydrogen-bond donors (Lipinski definition) is 0. The summed E-state index contributed by atoms with van der Waals surface area (Å²) in [5.41, 5.74) is 3.33. The van der Waals surface area contributed by atoms with Crippen LogP contribution in [-0.4, -0.2) is 48.9 Å². The highest BCUT2D eigenvalue weighted by atomic mass is 32.1. The molecule has 0 spiro atoms. The lowest BCUT2D eigenvalue weighted by atomic mass is 9.90. The van der Waals surface area contributed by atoms with Crippen molar-refractivity contribution in [2.45, 2.75) is 32.2 Å². The number of pyridine rings is 1. The van der Waals surface area contributed by atoms with E-state index in [0.29, 0.717) is 10.5 Å². The number of thiophene rings is 1. The van der Waals surface area contributed by atoms with Gasteiger partial charge >= 0.3 is 5.97 Å². The Morgan fingerprint density at radius 3 is 2.79 bits per heavy atom. The zero-order chi connectivity index (χ0) is 23.2. The lowest BCUT2D eigenvalue weighted by Crippen LogP contribution is -2.40. The first-order valence-electron chi connectivity index (χ1n) is 11.5. The van der Waals surface area contributed by atoms with Crippen molar-refractivity contribution in [3.05, 3.63) is 51.5 Å². The van der Waals surface area contributed by atoms with Crippen LogP contribution >= 0.6 is 11.3 Å². The topological polar surface area (TPSA) is 101 Å². The van der Waals surface area contributed by atoms with Crippen molar-refractivity contribution >= 4 is 43.6 Å². The zero-order valence-corrected chi connectivity index (χ0v) is 19.7. The number of aromatic amines is 1. The van der Waals surface area contributed by atoms with Crippen LogP contribution in [0.2, 0.25) is 0 Å². The maximum Gasteiger partial charge on any atom is 0.373 e. The molecule has 4 aromatic rings. The van der Waals surface area contributed by atoms with Crippen LogP contribution in [0.15, 0.2) is 27.7 Å². The number of H-pyrrole nitrogens is 1. The molecule has 1 fully saturated rings. The Morgan fingerprint density at radius 2 is 2.00 bits per heavy atom. The molecule has 0 aromatic carbocycles. The molecule has 0 bridgehead atoms. The fourth-order valence-electron chi connectivity index (χ4n) is 5.01. The minimum Gasteiger partial charge on any atom is -0.463 e. The van der Waals surface area contributed by atoms with Crippen LogP contribution in [0.25, 0.3) is 20.4 Å². The van der Waals surface area contributed by atoms with E-state index < -0.39 is 5.97 Å². The van der Waals surface area contributed by atoms with Gasteiger partial charge in [-0.15, -0.1) is 0 Å². The molecule has 0 atom stereocenters. The summed E-state index contributed by atoms with van der Waals surface area (Å²) >= 11 is 1.46. The molecular weight excluding hydrogens is 456 g/mol. The third kappa shape index (κ3) is 3.48. The van der Waals surface area contributed by atoms with Crippen molar-refractivity contribution in [3.63, 3.8) is 0 Å². The van der Waals surface area contributed by atoms with Gasteiger partial charge in [-0.1, -0.05) is 11.3 Å². The Hall–Kier alpha value is -3.24. The summed E-state index contributed by atoms with van der Waals surface area (Å²) in [6.07, 6.45) is 5.91. The van der Waals surface area contributed by atoms with Crippen molar-refractivity contribution in [3.8, 4) is 0 Å². The number of fused-ring (bicyclic) bond motifs is 5. The third-order valence-corrected chi connectivity index (χ3v) is 7.74. The summed E-state index contributed by atoms with van der Waals surface area (Å²) in [5.74, 6) is 1.22. The van der Waals surface area contributed by atoms with Crippen LogP contribution in [0.3, 0.4) is 0 Å². The van der Waals surface area contributed by atoms with Gasteiger partial charge in [0.05, 0.1) is 38.6 Å². The Balaban J connectivity index is 1.45. The quantitative estimate of drug-likeness (QED) is 0.413. The highest BCUT2D eigenvalue weighted by Gasteiger charge is 2.30. The molecule has 0 amide bonds. The van der Waals surface area contributed by atoms with Gasteiger partial charge in [0.25, 0.3) is 11.4 Å². The van der Waals surface area contributed by atoms with Crippen LogP contribution in [0, 0.1) is 0 Å². The number of methoxy groups -OCH3 is 1. The molecule has 0 unspecified atom stereocenters. The number of aromatic nitrogens is 3. The predicted molar refractivity (Wildman–Crippen MR) is 127 cm³/mol. The largest absolute Gasteiger partial charge is 0.463 e. The Morgan fingerprint density at radius 1 is 1.21 bits per heavy atom. The summed E-state index contributed by atoms with van der Waals surface area (Å²) < 4.78 is 17.9. The molecule has 5 heterocycles. The van der Waals surface area contributed by atoms with Crippen molar-refractivity contribution in [1.82, 2.24) is 9.55 Å². The minimum absolute atomic E-state index is 0.110. The van der Waals surface area contributed by atoms with E-state index in [2.05, 4.69) is 14.6 Å². The van der Waals surface area contributed by atoms with Crippen LogP contribution < -0.4 is 15.4 Å². The molecule has 6 rings (SSSR count). The first-order valence-corrected chi connectivity index (χ1v) is 12.3. The predicted octanol–water partition coefficient (Wildman–Crippen LogP) is 2.57. The van der Waals surface area contributed by atoms with Gasteiger partial charge in [-0.3, -0.25) is 14.3 Å². The number of carbonyl (C=O) groups is 1. The maximum atomic E-state index is 13.4. The van der Waals surface area contributed by atoms with E-state index >= 15 is 0 Å². The molecule has 0 radical (unpaired) electrons. The number of rotatable bonds is 4. The number of ether oxygens (including phenoxy) is 2. The SMILES string of the molecule is COC(=O)c1ccc(Cn2cnc3c(sc4[nH+]c(N5CCOCC5)c5c(c43)CCCC5)c2=O)o1. The molecular formula is C24H25N4O5S+. The monoisotopic (exact) mass is 481 g/mol. The van der Waals surface area contributed by atoms with E-state index in [4.69, 9.17) is 14.1 Å². The molecule has 9 nitrogen and oxygen atoms in total. The number of morpholine rings is 1. The fourth-order valence-corrected chi connectivity index (χ4v) is 6.13. The average molecular weight is 482 g/mol. The molecule has 1 saturated heterocycles. The molecule has 10 heteroatoms. The molecule has 1 N–H and O–H groups in total. The first kappa shape index (κ1) is 21.3. The van der Waals surface area contributed by atoms with E-state index in [-0.39, 0.29) is 17.9 Å². The molecule has 1 aliphatic heterocycles. The molecule has 4 aromatic heterocycles. The maximum absolute atomic E-state index is 13.4.